The SMILES string of the molecule is CCCc1cc(F)c(C#Cc2ccc(C#Cc3cc(F)c(CC)c(F)c3)c(F)c2)c(F)c1. The zero-order valence-corrected chi connectivity index (χ0v) is 17.6. The van der Waals surface area contributed by atoms with Gasteiger partial charge < -0.3 is 0 Å². The number of benzene rings is 3. The van der Waals surface area contributed by atoms with Crippen molar-refractivity contribution in [3.63, 3.8) is 0 Å². The molecule has 0 nitrogen and oxygen atoms in total. The topological polar surface area (TPSA) is 0 Å². The van der Waals surface area contributed by atoms with Crippen molar-refractivity contribution in [2.45, 2.75) is 33.1 Å². The van der Waals surface area contributed by atoms with E-state index in [4.69, 9.17) is 0 Å². The Labute approximate surface area is 184 Å². The molecule has 32 heavy (non-hydrogen) atoms. The molecule has 0 bridgehead atoms. The molecule has 3 aromatic rings. The Morgan fingerprint density at radius 2 is 1.22 bits per heavy atom. The predicted octanol–water partition coefficient (Wildman–Crippen LogP) is 6.70. The van der Waals surface area contributed by atoms with E-state index in [2.05, 4.69) is 23.7 Å². The van der Waals surface area contributed by atoms with Crippen LogP contribution in [-0.4, -0.2) is 0 Å². The fraction of sp³-hybridized carbons (Fsp3) is 0.185. The van der Waals surface area contributed by atoms with Gasteiger partial charge >= 0.3 is 0 Å². The summed E-state index contributed by atoms with van der Waals surface area (Å²) >= 11 is 0. The molecule has 0 unspecified atom stereocenters. The fourth-order valence-corrected chi connectivity index (χ4v) is 3.16. The molecule has 0 atom stereocenters. The van der Waals surface area contributed by atoms with E-state index in [0.29, 0.717) is 12.0 Å². The van der Waals surface area contributed by atoms with Crippen molar-refractivity contribution in [1.82, 2.24) is 0 Å². The van der Waals surface area contributed by atoms with Crippen LogP contribution in [0, 0.1) is 52.8 Å². The van der Waals surface area contributed by atoms with Crippen LogP contribution >= 0.6 is 0 Å². The minimum atomic E-state index is -0.766. The summed E-state index contributed by atoms with van der Waals surface area (Å²) in [6.45, 7) is 3.54. The highest BCUT2D eigenvalue weighted by Gasteiger charge is 2.10. The Kier molecular flexibility index (Phi) is 7.33. The van der Waals surface area contributed by atoms with Crippen LogP contribution in [0.1, 0.15) is 53.6 Å². The lowest BCUT2D eigenvalue weighted by molar-refractivity contribution is 0.558. The first-order chi connectivity index (χ1) is 15.3. The summed E-state index contributed by atoms with van der Waals surface area (Å²) < 4.78 is 70.4. The molecular formula is C27H19F5. The second kappa shape index (κ2) is 10.2. The van der Waals surface area contributed by atoms with Crippen LogP contribution < -0.4 is 0 Å². The predicted molar refractivity (Wildman–Crippen MR) is 114 cm³/mol. The smallest absolute Gasteiger partial charge is 0.142 e. The largest absolute Gasteiger partial charge is 0.207 e. The van der Waals surface area contributed by atoms with E-state index in [1.54, 1.807) is 6.92 Å². The van der Waals surface area contributed by atoms with Crippen LogP contribution in [0.2, 0.25) is 0 Å². The first-order valence-electron chi connectivity index (χ1n) is 10.1. The maximum absolute atomic E-state index is 14.4. The Bertz CT molecular complexity index is 1240. The molecule has 0 N–H and O–H groups in total. The number of aryl methyl sites for hydroxylation is 1. The van der Waals surface area contributed by atoms with Crippen molar-refractivity contribution in [3.8, 4) is 23.7 Å². The summed E-state index contributed by atoms with van der Waals surface area (Å²) in [5.41, 5.74) is 0.418. The third-order valence-corrected chi connectivity index (χ3v) is 4.78. The van der Waals surface area contributed by atoms with Gasteiger partial charge in [-0.05, 0) is 60.9 Å². The van der Waals surface area contributed by atoms with E-state index < -0.39 is 29.1 Å². The molecule has 0 saturated heterocycles. The number of hydrogen-bond donors (Lipinski definition) is 0. The van der Waals surface area contributed by atoms with Gasteiger partial charge in [0.2, 0.25) is 0 Å². The highest BCUT2D eigenvalue weighted by atomic mass is 19.1. The minimum absolute atomic E-state index is 0.00258. The lowest BCUT2D eigenvalue weighted by atomic mass is 10.1. The van der Waals surface area contributed by atoms with Crippen LogP contribution in [0.5, 0.6) is 0 Å². The van der Waals surface area contributed by atoms with Crippen molar-refractivity contribution in [3.05, 3.63) is 105 Å². The molecule has 0 radical (unpaired) electrons. The molecule has 3 rings (SSSR count). The first kappa shape index (κ1) is 23.1. The summed E-state index contributed by atoms with van der Waals surface area (Å²) in [5.74, 6) is 6.37. The van der Waals surface area contributed by atoms with Gasteiger partial charge in [-0.3, -0.25) is 0 Å². The molecular weight excluding hydrogens is 419 g/mol. The van der Waals surface area contributed by atoms with Crippen molar-refractivity contribution in [2.24, 2.45) is 0 Å². The number of rotatable bonds is 3. The van der Waals surface area contributed by atoms with Crippen molar-refractivity contribution >= 4 is 0 Å². The normalized spacial score (nSPS) is 10.2. The van der Waals surface area contributed by atoms with Gasteiger partial charge in [0.25, 0.3) is 0 Å². The van der Waals surface area contributed by atoms with E-state index in [1.807, 2.05) is 6.92 Å². The standard InChI is InChI=1S/C27H19F5/c1-3-5-18-13-26(31)22(27(32)14-18)11-8-17-6-9-20(23(28)12-17)10-7-19-15-24(29)21(4-2)25(30)16-19/h6,9,12-16H,3-5H2,1-2H3. The van der Waals surface area contributed by atoms with Crippen molar-refractivity contribution in [1.29, 1.82) is 0 Å². The highest BCUT2D eigenvalue weighted by Crippen LogP contribution is 2.18. The summed E-state index contributed by atoms with van der Waals surface area (Å²) in [6, 6.07) is 8.56. The average Bonchev–Trinajstić information content (AvgIpc) is 2.72. The van der Waals surface area contributed by atoms with Crippen LogP contribution in [0.3, 0.4) is 0 Å². The highest BCUT2D eigenvalue weighted by molar-refractivity contribution is 5.49. The van der Waals surface area contributed by atoms with E-state index in [9.17, 15) is 22.0 Å². The molecule has 0 aliphatic carbocycles. The van der Waals surface area contributed by atoms with E-state index in [0.717, 1.165) is 24.6 Å². The molecule has 0 fully saturated rings. The second-order valence-corrected chi connectivity index (χ2v) is 7.15. The van der Waals surface area contributed by atoms with Crippen LogP contribution in [-0.2, 0) is 12.8 Å². The van der Waals surface area contributed by atoms with E-state index in [1.165, 1.54) is 24.3 Å². The van der Waals surface area contributed by atoms with Crippen molar-refractivity contribution < 1.29 is 22.0 Å². The van der Waals surface area contributed by atoms with Crippen LogP contribution in [0.4, 0.5) is 22.0 Å². The molecule has 3 aromatic carbocycles. The molecule has 0 aliphatic rings. The van der Waals surface area contributed by atoms with Gasteiger partial charge in [0.05, 0.1) is 11.1 Å². The third-order valence-electron chi connectivity index (χ3n) is 4.78. The molecule has 0 aromatic heterocycles. The van der Waals surface area contributed by atoms with Crippen LogP contribution in [0.15, 0.2) is 42.5 Å². The fourth-order valence-electron chi connectivity index (χ4n) is 3.16. The summed E-state index contributed by atoms with van der Waals surface area (Å²) in [7, 11) is 0. The molecule has 0 amide bonds. The minimum Gasteiger partial charge on any atom is -0.207 e. The Hall–Kier alpha value is -3.57. The lowest BCUT2D eigenvalue weighted by Gasteiger charge is -2.03. The first-order valence-corrected chi connectivity index (χ1v) is 10.1. The Balaban J connectivity index is 1.85. The quantitative estimate of drug-likeness (QED) is 0.315. The lowest BCUT2D eigenvalue weighted by Crippen LogP contribution is -1.95. The van der Waals surface area contributed by atoms with E-state index >= 15 is 0 Å². The Morgan fingerprint density at radius 1 is 0.625 bits per heavy atom. The second-order valence-electron chi connectivity index (χ2n) is 7.15. The van der Waals surface area contributed by atoms with E-state index in [-0.39, 0.29) is 34.2 Å². The summed E-state index contributed by atoms with van der Waals surface area (Å²) in [5, 5.41) is 0. The van der Waals surface area contributed by atoms with Gasteiger partial charge in [-0.1, -0.05) is 44.0 Å². The molecule has 5 heteroatoms. The average molecular weight is 438 g/mol. The molecule has 162 valence electrons. The zero-order valence-electron chi connectivity index (χ0n) is 17.6. The summed E-state index contributed by atoms with van der Waals surface area (Å²) in [6.07, 6.45) is 1.52. The van der Waals surface area contributed by atoms with Gasteiger partial charge in [-0.2, -0.15) is 0 Å². The maximum atomic E-state index is 14.4. The monoisotopic (exact) mass is 438 g/mol. The number of halogens is 5. The van der Waals surface area contributed by atoms with Gasteiger partial charge in [0, 0.05) is 16.7 Å². The van der Waals surface area contributed by atoms with Gasteiger partial charge in [-0.25, -0.2) is 22.0 Å². The third kappa shape index (κ3) is 5.37. The molecule has 0 saturated carbocycles. The zero-order chi connectivity index (χ0) is 23.3. The van der Waals surface area contributed by atoms with Gasteiger partial charge in [0.15, 0.2) is 0 Å². The van der Waals surface area contributed by atoms with Gasteiger partial charge in [-0.15, -0.1) is 0 Å². The van der Waals surface area contributed by atoms with Crippen LogP contribution in [0.25, 0.3) is 0 Å². The maximum Gasteiger partial charge on any atom is 0.142 e. The van der Waals surface area contributed by atoms with Gasteiger partial charge in [0.1, 0.15) is 29.1 Å². The number of hydrogen-bond acceptors (Lipinski definition) is 0. The van der Waals surface area contributed by atoms with Crippen molar-refractivity contribution in [2.75, 3.05) is 0 Å². The summed E-state index contributed by atoms with van der Waals surface area (Å²) in [4.78, 5) is 0. The Morgan fingerprint density at radius 3 is 1.78 bits per heavy atom. The molecule has 0 spiro atoms. The molecule has 0 heterocycles. The molecule has 0 aliphatic heterocycles.